The van der Waals surface area contributed by atoms with E-state index in [4.69, 9.17) is 0 Å². The predicted octanol–water partition coefficient (Wildman–Crippen LogP) is 5.16. The van der Waals surface area contributed by atoms with Crippen LogP contribution < -0.4 is 5.32 Å². The SMILES string of the molecule is CC(C)CCCC(C)Nc1ccc([N+](=O)[O-])cc1C(F)F. The smallest absolute Gasteiger partial charge is 0.270 e. The summed E-state index contributed by atoms with van der Waals surface area (Å²) in [7, 11) is 0. The molecule has 1 N–H and O–H groups in total. The lowest BCUT2D eigenvalue weighted by molar-refractivity contribution is -0.385. The number of rotatable bonds is 8. The zero-order valence-electron chi connectivity index (χ0n) is 12.6. The lowest BCUT2D eigenvalue weighted by Crippen LogP contribution is -2.16. The molecule has 1 rings (SSSR count). The first-order chi connectivity index (χ1) is 9.81. The van der Waals surface area contributed by atoms with E-state index in [1.165, 1.54) is 12.1 Å². The Hall–Kier alpha value is -1.72. The van der Waals surface area contributed by atoms with Crippen molar-refractivity contribution in [2.75, 3.05) is 5.32 Å². The van der Waals surface area contributed by atoms with Crippen molar-refractivity contribution in [3.05, 3.63) is 33.9 Å². The average molecular weight is 300 g/mol. The van der Waals surface area contributed by atoms with Crippen LogP contribution in [0.2, 0.25) is 0 Å². The van der Waals surface area contributed by atoms with E-state index in [9.17, 15) is 18.9 Å². The third kappa shape index (κ3) is 5.65. The maximum atomic E-state index is 13.0. The molecule has 6 heteroatoms. The van der Waals surface area contributed by atoms with Gasteiger partial charge in [0.05, 0.1) is 4.92 Å². The third-order valence-electron chi connectivity index (χ3n) is 3.30. The van der Waals surface area contributed by atoms with Crippen molar-refractivity contribution in [2.24, 2.45) is 5.92 Å². The van der Waals surface area contributed by atoms with Gasteiger partial charge in [-0.1, -0.05) is 26.7 Å². The molecule has 0 amide bonds. The lowest BCUT2D eigenvalue weighted by Gasteiger charge is -2.18. The van der Waals surface area contributed by atoms with Crippen molar-refractivity contribution in [2.45, 2.75) is 52.5 Å². The van der Waals surface area contributed by atoms with Crippen molar-refractivity contribution in [1.29, 1.82) is 0 Å². The molecule has 0 aromatic heterocycles. The highest BCUT2D eigenvalue weighted by Crippen LogP contribution is 2.31. The van der Waals surface area contributed by atoms with Crippen LogP contribution in [0.15, 0.2) is 18.2 Å². The molecular weight excluding hydrogens is 278 g/mol. The van der Waals surface area contributed by atoms with Crippen LogP contribution in [0.5, 0.6) is 0 Å². The van der Waals surface area contributed by atoms with Crippen LogP contribution >= 0.6 is 0 Å². The van der Waals surface area contributed by atoms with Crippen LogP contribution in [0.1, 0.15) is 52.0 Å². The Bertz CT molecular complexity index is 479. The number of nitro groups is 1. The second-order valence-corrected chi connectivity index (χ2v) is 5.70. The molecule has 1 aromatic rings. The fourth-order valence-electron chi connectivity index (χ4n) is 2.15. The minimum atomic E-state index is -2.74. The van der Waals surface area contributed by atoms with E-state index in [-0.39, 0.29) is 23.0 Å². The second kappa shape index (κ2) is 7.90. The quantitative estimate of drug-likeness (QED) is 0.533. The molecule has 0 radical (unpaired) electrons. The molecule has 0 aliphatic rings. The Kier molecular flexibility index (Phi) is 6.52. The first-order valence-corrected chi connectivity index (χ1v) is 7.14. The summed E-state index contributed by atoms with van der Waals surface area (Å²) in [6.45, 7) is 6.21. The van der Waals surface area contributed by atoms with Crippen LogP contribution in [-0.2, 0) is 0 Å². The van der Waals surface area contributed by atoms with E-state index >= 15 is 0 Å². The fourth-order valence-corrected chi connectivity index (χ4v) is 2.15. The number of hydrogen-bond donors (Lipinski definition) is 1. The molecule has 0 aliphatic heterocycles. The van der Waals surface area contributed by atoms with Crippen molar-refractivity contribution < 1.29 is 13.7 Å². The van der Waals surface area contributed by atoms with Gasteiger partial charge in [-0.25, -0.2) is 8.78 Å². The summed E-state index contributed by atoms with van der Waals surface area (Å²) in [6, 6.07) is 3.59. The topological polar surface area (TPSA) is 55.2 Å². The number of halogens is 2. The normalized spacial score (nSPS) is 12.7. The molecule has 1 aromatic carbocycles. The molecule has 0 fully saturated rings. The van der Waals surface area contributed by atoms with Crippen molar-refractivity contribution in [1.82, 2.24) is 0 Å². The van der Waals surface area contributed by atoms with Crippen LogP contribution in [0.25, 0.3) is 0 Å². The van der Waals surface area contributed by atoms with Gasteiger partial charge in [-0.05, 0) is 25.3 Å². The molecule has 0 saturated heterocycles. The van der Waals surface area contributed by atoms with Gasteiger partial charge in [-0.3, -0.25) is 10.1 Å². The molecule has 4 nitrogen and oxygen atoms in total. The minimum Gasteiger partial charge on any atom is -0.382 e. The zero-order valence-corrected chi connectivity index (χ0v) is 12.6. The minimum absolute atomic E-state index is 0.0442. The van der Waals surface area contributed by atoms with E-state index in [1.54, 1.807) is 0 Å². The van der Waals surface area contributed by atoms with E-state index in [1.807, 2.05) is 6.92 Å². The van der Waals surface area contributed by atoms with Crippen molar-refractivity contribution in [3.8, 4) is 0 Å². The highest BCUT2D eigenvalue weighted by atomic mass is 19.3. The summed E-state index contributed by atoms with van der Waals surface area (Å²) >= 11 is 0. The van der Waals surface area contributed by atoms with Gasteiger partial charge < -0.3 is 5.32 Å². The molecule has 21 heavy (non-hydrogen) atoms. The van der Waals surface area contributed by atoms with Gasteiger partial charge in [0.1, 0.15) is 0 Å². The van der Waals surface area contributed by atoms with Crippen LogP contribution in [0.3, 0.4) is 0 Å². The van der Waals surface area contributed by atoms with Crippen LogP contribution in [-0.4, -0.2) is 11.0 Å². The Morgan fingerprint density at radius 1 is 1.24 bits per heavy atom. The maximum Gasteiger partial charge on any atom is 0.270 e. The van der Waals surface area contributed by atoms with Crippen LogP contribution in [0, 0.1) is 16.0 Å². The average Bonchev–Trinajstić information content (AvgIpc) is 2.38. The van der Waals surface area contributed by atoms with Gasteiger partial charge in [0.2, 0.25) is 0 Å². The van der Waals surface area contributed by atoms with Crippen molar-refractivity contribution in [3.63, 3.8) is 0 Å². The van der Waals surface area contributed by atoms with Gasteiger partial charge >= 0.3 is 0 Å². The highest BCUT2D eigenvalue weighted by molar-refractivity contribution is 5.57. The lowest BCUT2D eigenvalue weighted by atomic mass is 10.0. The number of anilines is 1. The molecule has 118 valence electrons. The van der Waals surface area contributed by atoms with E-state index in [0.717, 1.165) is 25.3 Å². The van der Waals surface area contributed by atoms with Gasteiger partial charge in [0, 0.05) is 29.4 Å². The second-order valence-electron chi connectivity index (χ2n) is 5.70. The first kappa shape index (κ1) is 17.3. The number of benzene rings is 1. The largest absolute Gasteiger partial charge is 0.382 e. The van der Waals surface area contributed by atoms with Gasteiger partial charge in [0.25, 0.3) is 12.1 Å². The fraction of sp³-hybridized carbons (Fsp3) is 0.600. The Balaban J connectivity index is 2.75. The molecule has 0 aliphatic carbocycles. The van der Waals surface area contributed by atoms with E-state index in [2.05, 4.69) is 19.2 Å². The summed E-state index contributed by atoms with van der Waals surface area (Å²) in [6.07, 6.45) is 0.240. The van der Waals surface area contributed by atoms with Gasteiger partial charge in [0.15, 0.2) is 0 Å². The number of hydrogen-bond acceptors (Lipinski definition) is 3. The predicted molar refractivity (Wildman–Crippen MR) is 79.8 cm³/mol. The standard InChI is InChI=1S/C15H22F2N2O2/c1-10(2)5-4-6-11(3)18-14-8-7-12(19(20)21)9-13(14)15(16)17/h7-11,15,18H,4-6H2,1-3H3. The van der Waals surface area contributed by atoms with Gasteiger partial charge in [-0.2, -0.15) is 0 Å². The zero-order chi connectivity index (χ0) is 16.0. The maximum absolute atomic E-state index is 13.0. The van der Waals surface area contributed by atoms with Crippen LogP contribution in [0.4, 0.5) is 20.2 Å². The number of nitrogens with zero attached hydrogens (tertiary/aromatic N) is 1. The molecule has 0 bridgehead atoms. The Labute approximate surface area is 123 Å². The van der Waals surface area contributed by atoms with E-state index < -0.39 is 11.3 Å². The molecule has 0 saturated carbocycles. The Morgan fingerprint density at radius 2 is 1.90 bits per heavy atom. The number of nitrogens with one attached hydrogen (secondary N) is 1. The molecular formula is C15H22F2N2O2. The Morgan fingerprint density at radius 3 is 2.43 bits per heavy atom. The summed E-state index contributed by atoms with van der Waals surface area (Å²) in [5.74, 6) is 0.619. The summed E-state index contributed by atoms with van der Waals surface area (Å²) in [5.41, 5.74) is -0.365. The van der Waals surface area contributed by atoms with E-state index in [0.29, 0.717) is 5.92 Å². The molecule has 0 heterocycles. The first-order valence-electron chi connectivity index (χ1n) is 7.14. The number of alkyl halides is 2. The van der Waals surface area contributed by atoms with Gasteiger partial charge in [-0.15, -0.1) is 0 Å². The molecule has 1 atom stereocenters. The van der Waals surface area contributed by atoms with Crippen molar-refractivity contribution >= 4 is 11.4 Å². The number of nitro benzene ring substituents is 1. The molecule has 1 unspecified atom stereocenters. The monoisotopic (exact) mass is 300 g/mol. The number of non-ortho nitro benzene ring substituents is 1. The third-order valence-corrected chi connectivity index (χ3v) is 3.30. The summed E-state index contributed by atoms with van der Waals surface area (Å²) in [4.78, 5) is 9.99. The summed E-state index contributed by atoms with van der Waals surface area (Å²) < 4.78 is 26.0. The highest BCUT2D eigenvalue weighted by Gasteiger charge is 2.18. The molecule has 0 spiro atoms. The summed E-state index contributed by atoms with van der Waals surface area (Å²) in [5, 5.41) is 13.7.